The first-order valence-corrected chi connectivity index (χ1v) is 8.43. The molecule has 2 atom stereocenters. The van der Waals surface area contributed by atoms with Gasteiger partial charge in [0.25, 0.3) is 0 Å². The minimum Gasteiger partial charge on any atom is -0.440 e. The second kappa shape index (κ2) is 6.30. The number of likely N-dealkylation sites (tertiary alicyclic amines) is 1. The van der Waals surface area contributed by atoms with Crippen molar-refractivity contribution in [1.29, 1.82) is 0 Å². The maximum Gasteiger partial charge on any atom is 0.236 e. The number of aliphatic hydroxyl groups excluding tert-OH is 1. The molecule has 3 rings (SSSR count). The Labute approximate surface area is 129 Å². The number of rotatable bonds is 5. The molecule has 0 bridgehead atoms. The third-order valence-corrected chi connectivity index (χ3v) is 4.95. The van der Waals surface area contributed by atoms with Crippen LogP contribution in [-0.2, 0) is 6.54 Å². The van der Waals surface area contributed by atoms with Gasteiger partial charge in [0.15, 0.2) is 0 Å². The van der Waals surface area contributed by atoms with Crippen molar-refractivity contribution >= 4 is 11.3 Å². The van der Waals surface area contributed by atoms with Crippen LogP contribution >= 0.6 is 11.3 Å². The van der Waals surface area contributed by atoms with E-state index in [2.05, 4.69) is 9.88 Å². The van der Waals surface area contributed by atoms with Gasteiger partial charge in [0, 0.05) is 12.6 Å². The average Bonchev–Trinajstić information content (AvgIpc) is 3.12. The van der Waals surface area contributed by atoms with Crippen LogP contribution in [0.4, 0.5) is 0 Å². The molecular weight excluding hydrogens is 284 g/mol. The van der Waals surface area contributed by atoms with E-state index in [4.69, 9.17) is 4.42 Å². The molecule has 3 heterocycles. The van der Waals surface area contributed by atoms with Crippen molar-refractivity contribution in [3.05, 3.63) is 29.0 Å². The number of thiophene rings is 1. The summed E-state index contributed by atoms with van der Waals surface area (Å²) in [7, 11) is 0. The molecule has 0 spiro atoms. The summed E-state index contributed by atoms with van der Waals surface area (Å²) in [6, 6.07) is 4.51. The van der Waals surface area contributed by atoms with Crippen molar-refractivity contribution < 1.29 is 9.52 Å². The second-order valence-electron chi connectivity index (χ2n) is 5.85. The zero-order valence-electron chi connectivity index (χ0n) is 12.6. The largest absolute Gasteiger partial charge is 0.440 e. The molecule has 1 N–H and O–H groups in total. The Balaban J connectivity index is 1.73. The first kappa shape index (κ1) is 14.8. The maximum absolute atomic E-state index is 9.62. The highest BCUT2D eigenvalue weighted by molar-refractivity contribution is 7.13. The summed E-state index contributed by atoms with van der Waals surface area (Å²) in [5, 5.41) is 11.7. The first-order valence-electron chi connectivity index (χ1n) is 7.56. The smallest absolute Gasteiger partial charge is 0.236 e. The summed E-state index contributed by atoms with van der Waals surface area (Å²) in [6.45, 7) is 5.75. The molecule has 1 aliphatic rings. The van der Waals surface area contributed by atoms with Crippen LogP contribution < -0.4 is 0 Å². The summed E-state index contributed by atoms with van der Waals surface area (Å²) >= 11 is 1.65. The number of aliphatic hydroxyl groups is 1. The Hall–Kier alpha value is -1.17. The Bertz CT molecular complexity index is 577. The molecule has 0 aliphatic carbocycles. The zero-order chi connectivity index (χ0) is 14.8. The lowest BCUT2D eigenvalue weighted by Crippen LogP contribution is -2.31. The lowest BCUT2D eigenvalue weighted by atomic mass is 10.1. The molecule has 0 saturated carbocycles. The standard InChI is InChI=1S/C16H22N2O2S/c1-11(19)9-13-5-3-7-18(13)10-14-12(2)20-16(17-14)15-6-4-8-21-15/h4,6,8,11,13,19H,3,5,7,9-10H2,1-2H3. The SMILES string of the molecule is Cc1oc(-c2cccs2)nc1CN1CCCC1CC(C)O. The Morgan fingerprint density at radius 2 is 2.43 bits per heavy atom. The molecule has 0 radical (unpaired) electrons. The lowest BCUT2D eigenvalue weighted by Gasteiger charge is -2.24. The fourth-order valence-electron chi connectivity index (χ4n) is 3.04. The van der Waals surface area contributed by atoms with Gasteiger partial charge in [-0.1, -0.05) is 6.07 Å². The van der Waals surface area contributed by atoms with E-state index in [1.807, 2.05) is 31.4 Å². The Morgan fingerprint density at radius 3 is 3.14 bits per heavy atom. The average molecular weight is 306 g/mol. The van der Waals surface area contributed by atoms with Gasteiger partial charge in [0.05, 0.1) is 16.7 Å². The van der Waals surface area contributed by atoms with E-state index in [-0.39, 0.29) is 6.10 Å². The highest BCUT2D eigenvalue weighted by Gasteiger charge is 2.27. The van der Waals surface area contributed by atoms with Gasteiger partial charge < -0.3 is 9.52 Å². The van der Waals surface area contributed by atoms with E-state index in [0.717, 1.165) is 41.7 Å². The highest BCUT2D eigenvalue weighted by atomic mass is 32.1. The molecule has 5 heteroatoms. The minimum atomic E-state index is -0.240. The van der Waals surface area contributed by atoms with Gasteiger partial charge in [-0.3, -0.25) is 4.90 Å². The molecule has 1 fully saturated rings. The molecule has 114 valence electrons. The predicted molar refractivity (Wildman–Crippen MR) is 84.3 cm³/mol. The molecule has 1 aliphatic heterocycles. The van der Waals surface area contributed by atoms with Crippen LogP contribution in [0.2, 0.25) is 0 Å². The Kier molecular flexibility index (Phi) is 4.42. The molecular formula is C16H22N2O2S. The van der Waals surface area contributed by atoms with Gasteiger partial charge in [-0.05, 0) is 51.1 Å². The van der Waals surface area contributed by atoms with Gasteiger partial charge >= 0.3 is 0 Å². The molecule has 4 nitrogen and oxygen atoms in total. The molecule has 1 saturated heterocycles. The zero-order valence-corrected chi connectivity index (χ0v) is 13.4. The van der Waals surface area contributed by atoms with E-state index >= 15 is 0 Å². The second-order valence-corrected chi connectivity index (χ2v) is 6.80. The van der Waals surface area contributed by atoms with Crippen LogP contribution in [0.3, 0.4) is 0 Å². The van der Waals surface area contributed by atoms with Crippen molar-refractivity contribution in [2.24, 2.45) is 0 Å². The number of oxazole rings is 1. The number of aromatic nitrogens is 1. The molecule has 2 unspecified atom stereocenters. The van der Waals surface area contributed by atoms with Crippen LogP contribution in [0.25, 0.3) is 10.8 Å². The van der Waals surface area contributed by atoms with Crippen LogP contribution in [0, 0.1) is 6.92 Å². The fraction of sp³-hybridized carbons (Fsp3) is 0.562. The van der Waals surface area contributed by atoms with E-state index in [0.29, 0.717) is 6.04 Å². The van der Waals surface area contributed by atoms with Crippen molar-refractivity contribution in [3.8, 4) is 10.8 Å². The summed E-state index contributed by atoms with van der Waals surface area (Å²) in [6.07, 6.45) is 2.97. The number of aryl methyl sites for hydroxylation is 1. The third kappa shape index (κ3) is 3.36. The monoisotopic (exact) mass is 306 g/mol. The molecule has 0 aromatic carbocycles. The maximum atomic E-state index is 9.62. The molecule has 2 aromatic heterocycles. The van der Waals surface area contributed by atoms with E-state index in [1.165, 1.54) is 12.8 Å². The lowest BCUT2D eigenvalue weighted by molar-refractivity contribution is 0.130. The number of hydrogen-bond acceptors (Lipinski definition) is 5. The van der Waals surface area contributed by atoms with Crippen LogP contribution in [-0.4, -0.2) is 33.7 Å². The Morgan fingerprint density at radius 1 is 1.57 bits per heavy atom. The first-order chi connectivity index (χ1) is 10.1. The van der Waals surface area contributed by atoms with Crippen LogP contribution in [0.1, 0.15) is 37.6 Å². The normalized spacial score (nSPS) is 21.0. The fourth-order valence-corrected chi connectivity index (χ4v) is 3.69. The predicted octanol–water partition coefficient (Wildman–Crippen LogP) is 3.45. The van der Waals surface area contributed by atoms with Crippen LogP contribution in [0.15, 0.2) is 21.9 Å². The number of hydrogen-bond donors (Lipinski definition) is 1. The van der Waals surface area contributed by atoms with Gasteiger partial charge in [-0.25, -0.2) is 4.98 Å². The minimum absolute atomic E-state index is 0.240. The van der Waals surface area contributed by atoms with Crippen molar-refractivity contribution in [1.82, 2.24) is 9.88 Å². The van der Waals surface area contributed by atoms with E-state index in [9.17, 15) is 5.11 Å². The topological polar surface area (TPSA) is 49.5 Å². The van der Waals surface area contributed by atoms with Crippen LogP contribution in [0.5, 0.6) is 0 Å². The summed E-state index contributed by atoms with van der Waals surface area (Å²) in [5.74, 6) is 1.63. The number of nitrogens with zero attached hydrogens (tertiary/aromatic N) is 2. The highest BCUT2D eigenvalue weighted by Crippen LogP contribution is 2.28. The third-order valence-electron chi connectivity index (χ3n) is 4.09. The van der Waals surface area contributed by atoms with Crippen molar-refractivity contribution in [2.75, 3.05) is 6.54 Å². The van der Waals surface area contributed by atoms with E-state index < -0.39 is 0 Å². The summed E-state index contributed by atoms with van der Waals surface area (Å²) in [5.41, 5.74) is 1.02. The molecule has 2 aromatic rings. The van der Waals surface area contributed by atoms with Gasteiger partial charge in [-0.2, -0.15) is 0 Å². The van der Waals surface area contributed by atoms with Gasteiger partial charge in [-0.15, -0.1) is 11.3 Å². The van der Waals surface area contributed by atoms with Gasteiger partial charge in [0.1, 0.15) is 5.76 Å². The van der Waals surface area contributed by atoms with Gasteiger partial charge in [0.2, 0.25) is 5.89 Å². The van der Waals surface area contributed by atoms with E-state index in [1.54, 1.807) is 11.3 Å². The quantitative estimate of drug-likeness (QED) is 0.919. The summed E-state index contributed by atoms with van der Waals surface area (Å²) in [4.78, 5) is 8.17. The molecule has 0 amide bonds. The summed E-state index contributed by atoms with van der Waals surface area (Å²) < 4.78 is 5.81. The molecule has 21 heavy (non-hydrogen) atoms. The van der Waals surface area contributed by atoms with Crippen molar-refractivity contribution in [2.45, 2.75) is 51.8 Å². The van der Waals surface area contributed by atoms with Crippen molar-refractivity contribution in [3.63, 3.8) is 0 Å².